The molecular formula is C55H90N2O7. The SMILES string of the molecule is CCCCCCCCCCCCCCCC(=O)NCCOc1cc(OCCNC(=O)O[C@H]2CC[C@@]3(C)C(=CC[C@@H]4C3CC[C@]3(C)[C@@H]([C@H](C)CCCC(C)C)CC[C@@H]43)C2)cc(C(=O)O)c1. The van der Waals surface area contributed by atoms with Crippen molar-refractivity contribution in [2.45, 2.75) is 208 Å². The third kappa shape index (κ3) is 15.2. The molecule has 0 aliphatic heterocycles. The van der Waals surface area contributed by atoms with Crippen LogP contribution < -0.4 is 20.1 Å². The van der Waals surface area contributed by atoms with Crippen molar-refractivity contribution in [3.05, 3.63) is 35.4 Å². The van der Waals surface area contributed by atoms with Crippen molar-refractivity contribution in [1.29, 1.82) is 0 Å². The lowest BCUT2D eigenvalue weighted by molar-refractivity contribution is -0.121. The molecule has 3 saturated carbocycles. The van der Waals surface area contributed by atoms with Gasteiger partial charge in [0.2, 0.25) is 5.91 Å². The molecule has 1 aromatic carbocycles. The van der Waals surface area contributed by atoms with Gasteiger partial charge in [0.1, 0.15) is 30.8 Å². The molecule has 64 heavy (non-hydrogen) atoms. The zero-order valence-corrected chi connectivity index (χ0v) is 41.3. The Bertz CT molecular complexity index is 1630. The number of alkyl carbamates (subject to hydrolysis) is 1. The van der Waals surface area contributed by atoms with E-state index in [1.165, 1.54) is 140 Å². The number of ether oxygens (including phenoxy) is 3. The molecule has 3 fully saturated rings. The van der Waals surface area contributed by atoms with Crippen molar-refractivity contribution in [3.8, 4) is 11.5 Å². The number of aromatic carboxylic acids is 1. The Kier molecular flexibility index (Phi) is 21.2. The van der Waals surface area contributed by atoms with E-state index in [9.17, 15) is 19.5 Å². The smallest absolute Gasteiger partial charge is 0.407 e. The van der Waals surface area contributed by atoms with Gasteiger partial charge in [-0.05, 0) is 110 Å². The average Bonchev–Trinajstić information content (AvgIpc) is 3.63. The molecule has 362 valence electrons. The van der Waals surface area contributed by atoms with E-state index in [-0.39, 0.29) is 42.7 Å². The minimum atomic E-state index is -1.10. The molecule has 0 heterocycles. The number of unbranched alkanes of at least 4 members (excludes halogenated alkanes) is 12. The monoisotopic (exact) mass is 891 g/mol. The molecule has 0 aromatic heterocycles. The first kappa shape index (κ1) is 51.7. The molecule has 5 rings (SSSR count). The number of nitrogens with one attached hydrogen (secondary N) is 2. The van der Waals surface area contributed by atoms with Crippen molar-refractivity contribution >= 4 is 18.0 Å². The zero-order chi connectivity index (χ0) is 46.0. The Morgan fingerprint density at radius 3 is 1.98 bits per heavy atom. The molecule has 0 bridgehead atoms. The molecule has 9 nitrogen and oxygen atoms in total. The molecule has 4 aliphatic rings. The van der Waals surface area contributed by atoms with Crippen molar-refractivity contribution in [3.63, 3.8) is 0 Å². The van der Waals surface area contributed by atoms with Gasteiger partial charge < -0.3 is 30.0 Å². The van der Waals surface area contributed by atoms with Crippen LogP contribution in [0, 0.1) is 46.3 Å². The number of amides is 2. The number of hydrogen-bond acceptors (Lipinski definition) is 6. The predicted octanol–water partition coefficient (Wildman–Crippen LogP) is 13.9. The molecular weight excluding hydrogens is 801 g/mol. The van der Waals surface area contributed by atoms with Crippen LogP contribution in [-0.4, -0.2) is 55.5 Å². The molecule has 4 aliphatic carbocycles. The molecule has 8 atom stereocenters. The van der Waals surface area contributed by atoms with Crippen LogP contribution >= 0.6 is 0 Å². The van der Waals surface area contributed by atoms with Crippen LogP contribution in [0.15, 0.2) is 29.8 Å². The highest BCUT2D eigenvalue weighted by Crippen LogP contribution is 2.67. The van der Waals surface area contributed by atoms with Crippen LogP contribution in [-0.2, 0) is 9.53 Å². The summed E-state index contributed by atoms with van der Waals surface area (Å²) in [6.07, 6.45) is 32.5. The van der Waals surface area contributed by atoms with Crippen LogP contribution in [0.3, 0.4) is 0 Å². The van der Waals surface area contributed by atoms with Crippen LogP contribution in [0.25, 0.3) is 0 Å². The van der Waals surface area contributed by atoms with Crippen molar-refractivity contribution < 1.29 is 33.7 Å². The summed E-state index contributed by atoms with van der Waals surface area (Å²) >= 11 is 0. The Hall–Kier alpha value is -3.23. The summed E-state index contributed by atoms with van der Waals surface area (Å²) in [5.74, 6) is 4.39. The second-order valence-electron chi connectivity index (χ2n) is 21.5. The minimum absolute atomic E-state index is 0.00811. The van der Waals surface area contributed by atoms with Crippen molar-refractivity contribution in [2.75, 3.05) is 26.3 Å². The van der Waals surface area contributed by atoms with Gasteiger partial charge in [-0.2, -0.15) is 0 Å². The highest BCUT2D eigenvalue weighted by molar-refractivity contribution is 5.88. The number of carbonyl (C=O) groups excluding carboxylic acids is 2. The van der Waals surface area contributed by atoms with E-state index >= 15 is 0 Å². The lowest BCUT2D eigenvalue weighted by Crippen LogP contribution is -2.51. The molecule has 0 spiro atoms. The second kappa shape index (κ2) is 26.2. The number of benzene rings is 1. The van der Waals surface area contributed by atoms with Gasteiger partial charge in [-0.15, -0.1) is 0 Å². The van der Waals surface area contributed by atoms with Crippen LogP contribution in [0.4, 0.5) is 4.79 Å². The summed E-state index contributed by atoms with van der Waals surface area (Å²) in [7, 11) is 0. The maximum absolute atomic E-state index is 13.0. The Morgan fingerprint density at radius 2 is 1.36 bits per heavy atom. The summed E-state index contributed by atoms with van der Waals surface area (Å²) in [6, 6.07) is 4.53. The highest BCUT2D eigenvalue weighted by Gasteiger charge is 2.59. The Labute approximate surface area is 388 Å². The number of carboxylic acids is 1. The highest BCUT2D eigenvalue weighted by atomic mass is 16.6. The van der Waals surface area contributed by atoms with Crippen LogP contribution in [0.2, 0.25) is 0 Å². The summed E-state index contributed by atoms with van der Waals surface area (Å²) in [4.78, 5) is 37.2. The number of carboxylic acid groups (broad SMARTS) is 1. The third-order valence-corrected chi connectivity index (χ3v) is 16.5. The van der Waals surface area contributed by atoms with Gasteiger partial charge in [-0.3, -0.25) is 4.79 Å². The second-order valence-corrected chi connectivity index (χ2v) is 21.5. The molecule has 0 radical (unpaired) electrons. The van der Waals surface area contributed by atoms with Gasteiger partial charge in [0, 0.05) is 18.9 Å². The van der Waals surface area contributed by atoms with Gasteiger partial charge in [0.15, 0.2) is 0 Å². The van der Waals surface area contributed by atoms with E-state index < -0.39 is 12.1 Å². The first-order valence-corrected chi connectivity index (χ1v) is 26.4. The summed E-state index contributed by atoms with van der Waals surface area (Å²) in [6.45, 7) is 15.6. The predicted molar refractivity (Wildman–Crippen MR) is 259 cm³/mol. The van der Waals surface area contributed by atoms with Gasteiger partial charge in [0.05, 0.1) is 18.7 Å². The van der Waals surface area contributed by atoms with Crippen LogP contribution in [0.5, 0.6) is 11.5 Å². The lowest BCUT2D eigenvalue weighted by Gasteiger charge is -2.58. The molecule has 0 saturated heterocycles. The first-order valence-electron chi connectivity index (χ1n) is 26.4. The zero-order valence-electron chi connectivity index (χ0n) is 41.3. The fraction of sp³-hybridized carbons (Fsp3) is 0.800. The van der Waals surface area contributed by atoms with Gasteiger partial charge in [0.25, 0.3) is 0 Å². The largest absolute Gasteiger partial charge is 0.492 e. The fourth-order valence-corrected chi connectivity index (χ4v) is 12.9. The third-order valence-electron chi connectivity index (χ3n) is 16.5. The molecule has 1 unspecified atom stereocenters. The quantitative estimate of drug-likeness (QED) is 0.0541. The molecule has 3 N–H and O–H groups in total. The molecule has 2 amide bonds. The number of carbonyl (C=O) groups is 3. The number of hydrogen-bond donors (Lipinski definition) is 3. The summed E-state index contributed by atoms with van der Waals surface area (Å²) in [5.41, 5.74) is 2.21. The fourth-order valence-electron chi connectivity index (χ4n) is 12.9. The summed E-state index contributed by atoms with van der Waals surface area (Å²) in [5, 5.41) is 15.5. The van der Waals surface area contributed by atoms with E-state index in [0.717, 1.165) is 67.6 Å². The molecule has 1 aromatic rings. The standard InChI is InChI=1S/C55H90N2O7/c1-7-8-9-10-11-12-13-14-15-16-17-18-19-23-51(58)56-32-34-62-45-36-42(52(59)60)37-46(39-45)63-35-33-57-53(61)64-44-28-30-54(5)43(38-44)24-25-47-49-27-26-48(41(4)22-20-21-40(2)3)55(49,6)31-29-50(47)54/h24,36-37,39-41,44,47-50H,7-23,25-35,38H2,1-6H3,(H,56,58)(H,57,61)(H,59,60)/t41-,44+,47+,48-,49+,50?,54+,55-/m1/s1. The van der Waals surface area contributed by atoms with E-state index in [4.69, 9.17) is 14.2 Å². The van der Waals surface area contributed by atoms with E-state index in [1.54, 1.807) is 6.07 Å². The van der Waals surface area contributed by atoms with E-state index in [2.05, 4.69) is 58.3 Å². The normalized spacial score (nSPS) is 26.5. The van der Waals surface area contributed by atoms with E-state index in [0.29, 0.717) is 29.9 Å². The minimum Gasteiger partial charge on any atom is -0.492 e. The number of allylic oxidation sites excluding steroid dienone is 1. The number of rotatable bonds is 29. The van der Waals surface area contributed by atoms with Crippen LogP contribution in [0.1, 0.15) is 212 Å². The lowest BCUT2D eigenvalue weighted by atomic mass is 9.47. The van der Waals surface area contributed by atoms with Crippen molar-refractivity contribution in [2.24, 2.45) is 46.3 Å². The van der Waals surface area contributed by atoms with Gasteiger partial charge in [-0.1, -0.05) is 150 Å². The maximum Gasteiger partial charge on any atom is 0.407 e. The first-order chi connectivity index (χ1) is 30.8. The maximum atomic E-state index is 13.0. The van der Waals surface area contributed by atoms with E-state index in [1.807, 2.05) is 0 Å². The molecule has 9 heteroatoms. The summed E-state index contributed by atoms with van der Waals surface area (Å²) < 4.78 is 17.6. The Balaban J connectivity index is 0.958. The van der Waals surface area contributed by atoms with Gasteiger partial charge >= 0.3 is 12.1 Å². The topological polar surface area (TPSA) is 123 Å². The van der Waals surface area contributed by atoms with Crippen molar-refractivity contribution in [1.82, 2.24) is 10.6 Å². The Morgan fingerprint density at radius 1 is 0.734 bits per heavy atom. The average molecular weight is 891 g/mol. The van der Waals surface area contributed by atoms with Gasteiger partial charge in [-0.25, -0.2) is 9.59 Å². The number of fused-ring (bicyclic) bond motifs is 5.